The average Bonchev–Trinajstić information content (AvgIpc) is 2.41. The summed E-state index contributed by atoms with van der Waals surface area (Å²) in [5.41, 5.74) is 1.20. The molecule has 0 saturated carbocycles. The van der Waals surface area contributed by atoms with E-state index in [1.54, 1.807) is 0 Å². The van der Waals surface area contributed by atoms with Crippen molar-refractivity contribution in [2.24, 2.45) is 0 Å². The topological polar surface area (TPSA) is 21.3 Å². The molecule has 2 nitrogen and oxygen atoms in total. The maximum Gasteiger partial charge on any atom is 0.127 e. The highest BCUT2D eigenvalue weighted by Crippen LogP contribution is 2.25. The third-order valence-corrected chi connectivity index (χ3v) is 3.09. The molecule has 3 heteroatoms. The lowest BCUT2D eigenvalue weighted by molar-refractivity contribution is 0.480. The van der Waals surface area contributed by atoms with Crippen LogP contribution in [0.2, 0.25) is 5.02 Å². The molecule has 18 heavy (non-hydrogen) atoms. The van der Waals surface area contributed by atoms with E-state index in [2.05, 4.69) is 18.3 Å². The van der Waals surface area contributed by atoms with Gasteiger partial charge in [0.25, 0.3) is 0 Å². The summed E-state index contributed by atoms with van der Waals surface area (Å²) in [6, 6.07) is 15.7. The van der Waals surface area contributed by atoms with Crippen molar-refractivity contribution in [3.63, 3.8) is 0 Å². The molecule has 1 unspecified atom stereocenters. The first kappa shape index (κ1) is 12.9. The summed E-state index contributed by atoms with van der Waals surface area (Å²) in [5.74, 6) is 1.62. The molecule has 0 bridgehead atoms. The number of ether oxygens (including phenoxy) is 1. The van der Waals surface area contributed by atoms with Gasteiger partial charge in [-0.05, 0) is 55.9 Å². The fraction of sp³-hybridized carbons (Fsp3) is 0.200. The zero-order valence-electron chi connectivity index (χ0n) is 10.5. The zero-order chi connectivity index (χ0) is 13.0. The van der Waals surface area contributed by atoms with Gasteiger partial charge in [-0.2, -0.15) is 0 Å². The molecule has 1 atom stereocenters. The summed E-state index contributed by atoms with van der Waals surface area (Å²) in [6.07, 6.45) is 0. The highest BCUT2D eigenvalue weighted by atomic mass is 35.5. The van der Waals surface area contributed by atoms with E-state index < -0.39 is 0 Å². The number of rotatable bonds is 4. The van der Waals surface area contributed by atoms with Crippen LogP contribution in [0.3, 0.4) is 0 Å². The molecule has 1 N–H and O–H groups in total. The fourth-order valence-electron chi connectivity index (χ4n) is 1.65. The van der Waals surface area contributed by atoms with E-state index in [1.807, 2.05) is 49.5 Å². The molecule has 0 amide bonds. The van der Waals surface area contributed by atoms with E-state index in [0.717, 1.165) is 11.5 Å². The molecule has 2 aromatic carbocycles. The van der Waals surface area contributed by atoms with Crippen LogP contribution in [-0.2, 0) is 0 Å². The Morgan fingerprint density at radius 3 is 2.44 bits per heavy atom. The molecule has 0 radical (unpaired) electrons. The van der Waals surface area contributed by atoms with Crippen LogP contribution in [0.5, 0.6) is 11.5 Å². The Bertz CT molecular complexity index is 510. The first-order valence-corrected chi connectivity index (χ1v) is 6.27. The smallest absolute Gasteiger partial charge is 0.127 e. The SMILES string of the molecule is CNC(C)c1cccc(Oc2ccc(Cl)cc2)c1. The van der Waals surface area contributed by atoms with E-state index in [1.165, 1.54) is 5.56 Å². The van der Waals surface area contributed by atoms with Crippen molar-refractivity contribution in [1.82, 2.24) is 5.32 Å². The molecule has 0 fully saturated rings. The van der Waals surface area contributed by atoms with Gasteiger partial charge in [0, 0.05) is 11.1 Å². The Balaban J connectivity index is 2.16. The van der Waals surface area contributed by atoms with Crippen LogP contribution in [-0.4, -0.2) is 7.05 Å². The van der Waals surface area contributed by atoms with Crippen LogP contribution in [0.15, 0.2) is 48.5 Å². The molecule has 0 saturated heterocycles. The number of nitrogens with one attached hydrogen (secondary N) is 1. The minimum Gasteiger partial charge on any atom is -0.457 e. The molecule has 0 aromatic heterocycles. The van der Waals surface area contributed by atoms with Gasteiger partial charge in [0.05, 0.1) is 0 Å². The second-order valence-corrected chi connectivity index (χ2v) is 4.58. The number of hydrogen-bond acceptors (Lipinski definition) is 2. The molecule has 2 rings (SSSR count). The lowest BCUT2D eigenvalue weighted by Crippen LogP contribution is -2.11. The first-order valence-electron chi connectivity index (χ1n) is 5.89. The van der Waals surface area contributed by atoms with Crippen LogP contribution in [0, 0.1) is 0 Å². The van der Waals surface area contributed by atoms with Crippen molar-refractivity contribution in [3.05, 3.63) is 59.1 Å². The van der Waals surface area contributed by atoms with E-state index in [0.29, 0.717) is 11.1 Å². The lowest BCUT2D eigenvalue weighted by atomic mass is 10.1. The zero-order valence-corrected chi connectivity index (χ0v) is 11.2. The summed E-state index contributed by atoms with van der Waals surface area (Å²) in [7, 11) is 1.94. The molecule has 0 aliphatic heterocycles. The van der Waals surface area contributed by atoms with Crippen LogP contribution < -0.4 is 10.1 Å². The number of benzene rings is 2. The van der Waals surface area contributed by atoms with Gasteiger partial charge >= 0.3 is 0 Å². The molecule has 0 heterocycles. The van der Waals surface area contributed by atoms with Crippen molar-refractivity contribution in [2.75, 3.05) is 7.05 Å². The van der Waals surface area contributed by atoms with Gasteiger partial charge in [0.1, 0.15) is 11.5 Å². The highest BCUT2D eigenvalue weighted by molar-refractivity contribution is 6.30. The third-order valence-electron chi connectivity index (χ3n) is 2.84. The van der Waals surface area contributed by atoms with E-state index in [4.69, 9.17) is 16.3 Å². The predicted octanol–water partition coefficient (Wildman–Crippen LogP) is 4.41. The Morgan fingerprint density at radius 2 is 1.78 bits per heavy atom. The minimum absolute atomic E-state index is 0.304. The van der Waals surface area contributed by atoms with Crippen molar-refractivity contribution < 1.29 is 4.74 Å². The van der Waals surface area contributed by atoms with Gasteiger partial charge in [-0.25, -0.2) is 0 Å². The Hall–Kier alpha value is -1.51. The molecular formula is C15H16ClNO. The van der Waals surface area contributed by atoms with Gasteiger partial charge in [0.15, 0.2) is 0 Å². The van der Waals surface area contributed by atoms with Crippen molar-refractivity contribution in [1.29, 1.82) is 0 Å². The maximum absolute atomic E-state index is 5.84. The van der Waals surface area contributed by atoms with Gasteiger partial charge in [0.2, 0.25) is 0 Å². The van der Waals surface area contributed by atoms with E-state index in [-0.39, 0.29) is 0 Å². The van der Waals surface area contributed by atoms with Gasteiger partial charge in [-0.15, -0.1) is 0 Å². The van der Waals surface area contributed by atoms with Gasteiger partial charge in [-0.3, -0.25) is 0 Å². The van der Waals surface area contributed by atoms with Crippen LogP contribution in [0.4, 0.5) is 0 Å². The Kier molecular flexibility index (Phi) is 4.24. The molecular weight excluding hydrogens is 246 g/mol. The summed E-state index contributed by atoms with van der Waals surface area (Å²) in [4.78, 5) is 0. The van der Waals surface area contributed by atoms with Crippen LogP contribution in [0.1, 0.15) is 18.5 Å². The molecule has 94 valence electrons. The number of halogens is 1. The van der Waals surface area contributed by atoms with Crippen molar-refractivity contribution in [2.45, 2.75) is 13.0 Å². The monoisotopic (exact) mass is 261 g/mol. The highest BCUT2D eigenvalue weighted by Gasteiger charge is 2.04. The summed E-state index contributed by atoms with van der Waals surface area (Å²) >= 11 is 5.84. The second-order valence-electron chi connectivity index (χ2n) is 4.14. The predicted molar refractivity (Wildman–Crippen MR) is 75.4 cm³/mol. The lowest BCUT2D eigenvalue weighted by Gasteiger charge is -2.12. The Morgan fingerprint density at radius 1 is 1.06 bits per heavy atom. The van der Waals surface area contributed by atoms with Crippen LogP contribution >= 0.6 is 11.6 Å². The molecule has 2 aromatic rings. The second kappa shape index (κ2) is 5.89. The fourth-order valence-corrected chi connectivity index (χ4v) is 1.78. The maximum atomic E-state index is 5.84. The standard InChI is InChI=1S/C15H16ClNO/c1-11(17-2)12-4-3-5-15(10-12)18-14-8-6-13(16)7-9-14/h3-11,17H,1-2H3. The van der Waals surface area contributed by atoms with Crippen molar-refractivity contribution in [3.8, 4) is 11.5 Å². The Labute approximate surface area is 113 Å². The normalized spacial score (nSPS) is 12.2. The summed E-state index contributed by atoms with van der Waals surface area (Å²) in [6.45, 7) is 2.11. The van der Waals surface area contributed by atoms with E-state index in [9.17, 15) is 0 Å². The quantitative estimate of drug-likeness (QED) is 0.880. The van der Waals surface area contributed by atoms with Crippen molar-refractivity contribution >= 4 is 11.6 Å². The third kappa shape index (κ3) is 3.25. The average molecular weight is 262 g/mol. The van der Waals surface area contributed by atoms with Gasteiger partial charge < -0.3 is 10.1 Å². The van der Waals surface area contributed by atoms with Gasteiger partial charge in [-0.1, -0.05) is 23.7 Å². The number of hydrogen-bond donors (Lipinski definition) is 1. The minimum atomic E-state index is 0.304. The van der Waals surface area contributed by atoms with E-state index >= 15 is 0 Å². The van der Waals surface area contributed by atoms with Crippen LogP contribution in [0.25, 0.3) is 0 Å². The molecule has 0 spiro atoms. The summed E-state index contributed by atoms with van der Waals surface area (Å²) < 4.78 is 5.78. The summed E-state index contributed by atoms with van der Waals surface area (Å²) in [5, 5.41) is 3.92. The first-order chi connectivity index (χ1) is 8.69. The molecule has 0 aliphatic carbocycles. The molecule has 0 aliphatic rings. The largest absolute Gasteiger partial charge is 0.457 e.